The van der Waals surface area contributed by atoms with E-state index in [4.69, 9.17) is 17.0 Å². The summed E-state index contributed by atoms with van der Waals surface area (Å²) in [5, 5.41) is 2.82. The van der Waals surface area contributed by atoms with E-state index in [1.807, 2.05) is 0 Å². The summed E-state index contributed by atoms with van der Waals surface area (Å²) in [5.74, 6) is 1.78. The van der Waals surface area contributed by atoms with Gasteiger partial charge in [-0.2, -0.15) is 6.07 Å². The fourth-order valence-electron chi connectivity index (χ4n) is 4.10. The van der Waals surface area contributed by atoms with Gasteiger partial charge in [0.15, 0.2) is 0 Å². The summed E-state index contributed by atoms with van der Waals surface area (Å²) in [4.78, 5) is 0. The van der Waals surface area contributed by atoms with Crippen LogP contribution in [0, 0.1) is 5.92 Å². The van der Waals surface area contributed by atoms with Gasteiger partial charge in [-0.3, -0.25) is 0 Å². The summed E-state index contributed by atoms with van der Waals surface area (Å²) in [5.41, 5.74) is 8.68. The Balaban J connectivity index is 0.00000101. The fourth-order valence-corrected chi connectivity index (χ4v) is 4.10. The van der Waals surface area contributed by atoms with Gasteiger partial charge in [0.05, 0.1) is 0 Å². The SMILES string of the molecule is CCc1ccc2[cH-]c(CC(C)C)cc2c1-c1cc(C(C)C)cc(C(C)C)c1.[Cl][Zr][Cl]. The van der Waals surface area contributed by atoms with Gasteiger partial charge in [-0.15, -0.1) is 34.5 Å². The molecule has 0 N–H and O–H groups in total. The standard InChI is InChI=1S/C27H35.2ClH.Zr/c1-8-21-9-10-22-12-20(11-17(2)3)13-26(22)27(21)25-15-23(18(4)5)14-24(16-25)19(6)7;;;/h9-10,12-19H,8,11H2,1-7H3;2*1H;/q-1;;;+2/p-2. The van der Waals surface area contributed by atoms with E-state index >= 15 is 0 Å². The Hall–Kier alpha value is -0.487. The Morgan fingerprint density at radius 2 is 1.43 bits per heavy atom. The molecule has 3 aromatic carbocycles. The van der Waals surface area contributed by atoms with Crippen molar-refractivity contribution in [1.82, 2.24) is 0 Å². The van der Waals surface area contributed by atoms with Crippen LogP contribution in [-0.2, 0) is 33.7 Å². The summed E-state index contributed by atoms with van der Waals surface area (Å²) in [6, 6.07) is 16.8. The summed E-state index contributed by atoms with van der Waals surface area (Å²) >= 11 is -0.826. The first-order chi connectivity index (χ1) is 14.2. The summed E-state index contributed by atoms with van der Waals surface area (Å²) in [6.07, 6.45) is 2.22. The molecule has 0 unspecified atom stereocenters. The Bertz CT molecular complexity index is 925. The van der Waals surface area contributed by atoms with Crippen LogP contribution in [0.4, 0.5) is 0 Å². The van der Waals surface area contributed by atoms with Crippen molar-refractivity contribution in [3.63, 3.8) is 0 Å². The number of rotatable bonds is 6. The predicted molar refractivity (Wildman–Crippen MR) is 133 cm³/mol. The first-order valence-corrected chi connectivity index (χ1v) is 17.4. The van der Waals surface area contributed by atoms with E-state index in [1.165, 1.54) is 44.2 Å². The van der Waals surface area contributed by atoms with E-state index < -0.39 is 20.8 Å². The first-order valence-electron chi connectivity index (χ1n) is 11.0. The zero-order valence-corrected chi connectivity index (χ0v) is 23.4. The Morgan fingerprint density at radius 1 is 0.867 bits per heavy atom. The van der Waals surface area contributed by atoms with Crippen LogP contribution in [0.3, 0.4) is 0 Å². The number of benzene rings is 2. The van der Waals surface area contributed by atoms with Crippen LogP contribution in [-0.4, -0.2) is 0 Å². The van der Waals surface area contributed by atoms with Gasteiger partial charge in [-0.1, -0.05) is 77.8 Å². The summed E-state index contributed by atoms with van der Waals surface area (Å²) < 4.78 is 0. The topological polar surface area (TPSA) is 0 Å². The molecule has 0 amide bonds. The van der Waals surface area contributed by atoms with Crippen molar-refractivity contribution in [2.24, 2.45) is 5.92 Å². The molecule has 0 bridgehead atoms. The summed E-state index contributed by atoms with van der Waals surface area (Å²) in [7, 11) is 9.87. The molecule has 0 radical (unpaired) electrons. The Labute approximate surface area is 202 Å². The maximum absolute atomic E-state index is 4.93. The molecule has 0 spiro atoms. The zero-order chi connectivity index (χ0) is 22.4. The summed E-state index contributed by atoms with van der Waals surface area (Å²) in [6.45, 7) is 16.1. The molecule has 0 nitrogen and oxygen atoms in total. The molecule has 3 aromatic rings. The molecule has 0 fully saturated rings. The van der Waals surface area contributed by atoms with E-state index in [1.54, 1.807) is 0 Å². The van der Waals surface area contributed by atoms with E-state index in [2.05, 4.69) is 90.9 Å². The van der Waals surface area contributed by atoms with Gasteiger partial charge in [0.2, 0.25) is 0 Å². The normalized spacial score (nSPS) is 11.3. The van der Waals surface area contributed by atoms with Crippen LogP contribution < -0.4 is 0 Å². The third-order valence-corrected chi connectivity index (χ3v) is 5.66. The first kappa shape index (κ1) is 25.8. The van der Waals surface area contributed by atoms with Crippen LogP contribution in [0.25, 0.3) is 21.9 Å². The van der Waals surface area contributed by atoms with Crippen LogP contribution >= 0.6 is 17.0 Å². The molecule has 0 heterocycles. The van der Waals surface area contributed by atoms with E-state index in [9.17, 15) is 0 Å². The van der Waals surface area contributed by atoms with Crippen LogP contribution in [0.15, 0.2) is 42.5 Å². The average Bonchev–Trinajstić information content (AvgIpc) is 3.08. The second kappa shape index (κ2) is 11.9. The third kappa shape index (κ3) is 6.51. The minimum absolute atomic E-state index is 0.544. The molecule has 30 heavy (non-hydrogen) atoms. The third-order valence-electron chi connectivity index (χ3n) is 5.66. The molecule has 0 aromatic heterocycles. The van der Waals surface area contributed by atoms with E-state index in [-0.39, 0.29) is 0 Å². The number of hydrogen-bond acceptors (Lipinski definition) is 0. The van der Waals surface area contributed by atoms with Crippen LogP contribution in [0.5, 0.6) is 0 Å². The second-order valence-corrected chi connectivity index (χ2v) is 12.9. The molecule has 0 atom stereocenters. The Morgan fingerprint density at radius 3 is 1.90 bits per heavy atom. The van der Waals surface area contributed by atoms with Crippen molar-refractivity contribution in [2.75, 3.05) is 0 Å². The number of halogens is 2. The minimum atomic E-state index is -0.826. The molecular weight excluding hydrogens is 486 g/mol. The van der Waals surface area contributed by atoms with E-state index in [0.29, 0.717) is 17.8 Å². The molecule has 0 aliphatic carbocycles. The van der Waals surface area contributed by atoms with Gasteiger partial charge in [0, 0.05) is 0 Å². The average molecular weight is 522 g/mol. The monoisotopic (exact) mass is 519 g/mol. The molecule has 3 heteroatoms. The van der Waals surface area contributed by atoms with Gasteiger partial charge in [-0.25, -0.2) is 0 Å². The van der Waals surface area contributed by atoms with Crippen LogP contribution in [0.1, 0.15) is 82.6 Å². The molecule has 3 rings (SSSR count). The second-order valence-electron chi connectivity index (χ2n) is 9.19. The number of aryl methyl sites for hydroxylation is 1. The van der Waals surface area contributed by atoms with Crippen molar-refractivity contribution in [1.29, 1.82) is 0 Å². The molecule has 162 valence electrons. The number of hydrogen-bond donors (Lipinski definition) is 0. The molecule has 0 saturated carbocycles. The van der Waals surface area contributed by atoms with Gasteiger partial charge in [0.1, 0.15) is 0 Å². The zero-order valence-electron chi connectivity index (χ0n) is 19.4. The van der Waals surface area contributed by atoms with Gasteiger partial charge in [0.25, 0.3) is 0 Å². The van der Waals surface area contributed by atoms with Crippen molar-refractivity contribution in [2.45, 2.75) is 73.1 Å². The molecule has 0 aliphatic rings. The quantitative estimate of drug-likeness (QED) is 0.283. The molecule has 0 saturated heterocycles. The van der Waals surface area contributed by atoms with Crippen molar-refractivity contribution in [3.8, 4) is 11.1 Å². The maximum atomic E-state index is 4.93. The van der Waals surface area contributed by atoms with Gasteiger partial charge >= 0.3 is 37.9 Å². The molecular formula is C27H35Cl2Zr-. The van der Waals surface area contributed by atoms with Crippen molar-refractivity contribution >= 4 is 27.8 Å². The van der Waals surface area contributed by atoms with Crippen molar-refractivity contribution in [3.05, 3.63) is 64.7 Å². The van der Waals surface area contributed by atoms with E-state index in [0.717, 1.165) is 12.8 Å². The van der Waals surface area contributed by atoms with Crippen molar-refractivity contribution < 1.29 is 20.8 Å². The predicted octanol–water partition coefficient (Wildman–Crippen LogP) is 9.61. The fraction of sp³-hybridized carbons (Fsp3) is 0.444. The van der Waals surface area contributed by atoms with Crippen LogP contribution in [0.2, 0.25) is 0 Å². The van der Waals surface area contributed by atoms with Gasteiger partial charge in [-0.05, 0) is 47.3 Å². The number of fused-ring (bicyclic) bond motifs is 1. The van der Waals surface area contributed by atoms with Gasteiger partial charge < -0.3 is 0 Å². The Kier molecular flexibility index (Phi) is 10.3. The molecule has 0 aliphatic heterocycles.